The summed E-state index contributed by atoms with van der Waals surface area (Å²) in [6.45, 7) is 3.15. The van der Waals surface area contributed by atoms with Gasteiger partial charge in [-0.05, 0) is 70.6 Å². The van der Waals surface area contributed by atoms with Crippen LogP contribution < -0.4 is 0 Å². The lowest BCUT2D eigenvalue weighted by Gasteiger charge is -2.41. The van der Waals surface area contributed by atoms with Gasteiger partial charge in [0.05, 0.1) is 6.61 Å². The molecule has 0 amide bonds. The minimum absolute atomic E-state index is 0.0816. The third-order valence-electron chi connectivity index (χ3n) is 10.2. The minimum Gasteiger partial charge on any atom is -0.462 e. The number of rotatable bonds is 36. The summed E-state index contributed by atoms with van der Waals surface area (Å²) in [5.74, 6) is -1.13. The Kier molecular flexibility index (Phi) is 32.9. The summed E-state index contributed by atoms with van der Waals surface area (Å²) >= 11 is 0. The van der Waals surface area contributed by atoms with Crippen molar-refractivity contribution in [3.8, 4) is 0 Å². The molecule has 1 rings (SSSR count). The second-order valence-corrected chi connectivity index (χ2v) is 16.9. The van der Waals surface area contributed by atoms with Gasteiger partial charge in [-0.15, -0.1) is 0 Å². The normalized spacial score (nSPS) is 22.8. The first-order valence-electron chi connectivity index (χ1n) is 22.4. The van der Waals surface area contributed by atoms with E-state index >= 15 is 0 Å². The van der Waals surface area contributed by atoms with E-state index in [2.05, 4.69) is 62.5 Å². The SMILES string of the molecule is CC/C=C\C/C=C\C/C=C\CCCCCCCC(=O)OC[C@H](COP(=O)(O)OC1C(O)C(O)C(O)[C@@H](O)C1O)OC(=O)CCCCCCC/C=C\CCCCCCCC. The van der Waals surface area contributed by atoms with E-state index in [4.69, 9.17) is 18.5 Å². The van der Waals surface area contributed by atoms with Gasteiger partial charge >= 0.3 is 19.8 Å². The first-order chi connectivity index (χ1) is 28.4. The van der Waals surface area contributed by atoms with E-state index in [1.54, 1.807) is 0 Å². The van der Waals surface area contributed by atoms with Crippen molar-refractivity contribution in [2.75, 3.05) is 13.2 Å². The third kappa shape index (κ3) is 28.1. The van der Waals surface area contributed by atoms with Crippen LogP contribution in [-0.4, -0.2) is 98.3 Å². The molecule has 1 aliphatic rings. The Labute approximate surface area is 354 Å². The molecule has 1 aliphatic carbocycles. The van der Waals surface area contributed by atoms with Crippen LogP contribution in [0, 0.1) is 0 Å². The van der Waals surface area contributed by atoms with Crippen molar-refractivity contribution < 1.29 is 63.1 Å². The van der Waals surface area contributed by atoms with Crippen molar-refractivity contribution in [3.63, 3.8) is 0 Å². The molecule has 0 aromatic rings. The van der Waals surface area contributed by atoms with Crippen molar-refractivity contribution >= 4 is 19.8 Å². The number of phosphoric acid groups is 1. The fourth-order valence-corrected chi connectivity index (χ4v) is 7.50. The standard InChI is InChI=1S/C45H79O13P/c1-3-5-7-9-11-13-15-17-19-21-23-25-27-29-31-33-38(46)55-35-37(36-56-59(53,54)58-45-43(51)41(49)40(48)42(50)44(45)52)57-39(47)34-32-30-28-26-24-22-20-18-16-14-12-10-8-6-4-2/h5,7,11,13,17-20,37,40-45,48-52H,3-4,6,8-10,12,14-16,21-36H2,1-2H3,(H,53,54)/b7-5-,13-11-,19-17-,20-18-/t37-,40?,41-,42?,43?,44?,45?/m1/s1. The van der Waals surface area contributed by atoms with E-state index in [9.17, 15) is 44.6 Å². The van der Waals surface area contributed by atoms with Gasteiger partial charge in [-0.25, -0.2) is 4.57 Å². The number of phosphoric ester groups is 1. The molecule has 1 saturated carbocycles. The van der Waals surface area contributed by atoms with Crippen LogP contribution in [0.2, 0.25) is 0 Å². The molecule has 1 fully saturated rings. The summed E-state index contributed by atoms with van der Waals surface area (Å²) in [5, 5.41) is 50.1. The molecule has 13 nitrogen and oxygen atoms in total. The molecule has 8 atom stereocenters. The lowest BCUT2D eigenvalue weighted by atomic mass is 9.85. The molecular formula is C45H79O13P. The summed E-state index contributed by atoms with van der Waals surface area (Å²) in [5.41, 5.74) is 0. The van der Waals surface area contributed by atoms with Gasteiger partial charge in [-0.2, -0.15) is 0 Å². The lowest BCUT2D eigenvalue weighted by molar-refractivity contribution is -0.220. The van der Waals surface area contributed by atoms with Crippen molar-refractivity contribution in [2.24, 2.45) is 0 Å². The maximum atomic E-state index is 12.8. The number of ether oxygens (including phenoxy) is 2. The quantitative estimate of drug-likeness (QED) is 0.0152. The van der Waals surface area contributed by atoms with E-state index in [0.29, 0.717) is 12.8 Å². The summed E-state index contributed by atoms with van der Waals surface area (Å²) in [7, 11) is -5.12. The average molecular weight is 859 g/mol. The lowest BCUT2D eigenvalue weighted by Crippen LogP contribution is -2.64. The van der Waals surface area contributed by atoms with Crippen molar-refractivity contribution in [2.45, 2.75) is 211 Å². The number of hydrogen-bond acceptors (Lipinski definition) is 12. The van der Waals surface area contributed by atoms with Crippen LogP contribution in [0.4, 0.5) is 0 Å². The van der Waals surface area contributed by atoms with Crippen molar-refractivity contribution in [1.29, 1.82) is 0 Å². The van der Waals surface area contributed by atoms with E-state index in [1.807, 2.05) is 0 Å². The maximum absolute atomic E-state index is 12.8. The number of carbonyl (C=O) groups is 2. The molecule has 0 aromatic carbocycles. The molecule has 0 spiro atoms. The predicted molar refractivity (Wildman–Crippen MR) is 230 cm³/mol. The van der Waals surface area contributed by atoms with Gasteiger partial charge in [-0.3, -0.25) is 18.6 Å². The fourth-order valence-electron chi connectivity index (χ4n) is 6.53. The molecular weight excluding hydrogens is 779 g/mol. The first kappa shape index (κ1) is 54.8. The van der Waals surface area contributed by atoms with Crippen LogP contribution in [0.25, 0.3) is 0 Å². The second-order valence-electron chi connectivity index (χ2n) is 15.5. The molecule has 342 valence electrons. The molecule has 6 unspecified atom stereocenters. The van der Waals surface area contributed by atoms with Crippen LogP contribution in [0.15, 0.2) is 48.6 Å². The van der Waals surface area contributed by atoms with Gasteiger partial charge in [0.15, 0.2) is 6.10 Å². The third-order valence-corrected chi connectivity index (χ3v) is 11.1. The van der Waals surface area contributed by atoms with Crippen molar-refractivity contribution in [1.82, 2.24) is 0 Å². The highest BCUT2D eigenvalue weighted by molar-refractivity contribution is 7.47. The van der Waals surface area contributed by atoms with Gasteiger partial charge in [0.1, 0.15) is 43.2 Å². The number of carbonyl (C=O) groups excluding carboxylic acids is 2. The Balaban J connectivity index is 2.49. The average Bonchev–Trinajstić information content (AvgIpc) is 3.21. The van der Waals surface area contributed by atoms with E-state index < -0.39 is 75.7 Å². The van der Waals surface area contributed by atoms with Crippen LogP contribution in [0.3, 0.4) is 0 Å². The molecule has 0 heterocycles. The van der Waals surface area contributed by atoms with E-state index in [0.717, 1.165) is 89.9 Å². The fraction of sp³-hybridized carbons (Fsp3) is 0.778. The van der Waals surface area contributed by atoms with E-state index in [1.165, 1.54) is 38.5 Å². The van der Waals surface area contributed by atoms with Crippen LogP contribution in [0.1, 0.15) is 168 Å². The largest absolute Gasteiger partial charge is 0.472 e. The molecule has 0 aliphatic heterocycles. The Hall–Kier alpha value is -2.19. The summed E-state index contributed by atoms with van der Waals surface area (Å²) in [6.07, 6.45) is 27.4. The summed E-state index contributed by atoms with van der Waals surface area (Å²) < 4.78 is 33.5. The number of esters is 2. The maximum Gasteiger partial charge on any atom is 0.472 e. The van der Waals surface area contributed by atoms with Gasteiger partial charge in [-0.1, -0.05) is 133 Å². The topological polar surface area (TPSA) is 210 Å². The number of hydrogen-bond donors (Lipinski definition) is 6. The molecule has 0 saturated heterocycles. The molecule has 0 bridgehead atoms. The van der Waals surface area contributed by atoms with Crippen LogP contribution in [-0.2, 0) is 32.7 Å². The van der Waals surface area contributed by atoms with Crippen LogP contribution >= 0.6 is 7.82 Å². The summed E-state index contributed by atoms with van der Waals surface area (Å²) in [4.78, 5) is 35.6. The smallest absolute Gasteiger partial charge is 0.462 e. The Bertz CT molecular complexity index is 1220. The van der Waals surface area contributed by atoms with Gasteiger partial charge in [0.25, 0.3) is 0 Å². The molecule has 6 N–H and O–H groups in total. The number of allylic oxidation sites excluding steroid dienone is 8. The van der Waals surface area contributed by atoms with Crippen molar-refractivity contribution in [3.05, 3.63) is 48.6 Å². The zero-order valence-electron chi connectivity index (χ0n) is 36.0. The zero-order valence-corrected chi connectivity index (χ0v) is 36.9. The van der Waals surface area contributed by atoms with Gasteiger partial charge in [0.2, 0.25) is 0 Å². The van der Waals surface area contributed by atoms with Gasteiger partial charge in [0, 0.05) is 12.8 Å². The highest BCUT2D eigenvalue weighted by Crippen LogP contribution is 2.47. The highest BCUT2D eigenvalue weighted by atomic mass is 31.2. The predicted octanol–water partition coefficient (Wildman–Crippen LogP) is 8.39. The first-order valence-corrected chi connectivity index (χ1v) is 23.9. The zero-order chi connectivity index (χ0) is 43.6. The molecule has 0 radical (unpaired) electrons. The molecule has 0 aromatic heterocycles. The Morgan fingerprint density at radius 1 is 0.542 bits per heavy atom. The molecule has 59 heavy (non-hydrogen) atoms. The van der Waals surface area contributed by atoms with Crippen LogP contribution in [0.5, 0.6) is 0 Å². The molecule has 14 heteroatoms. The number of unbranched alkanes of at least 4 members (excludes halogenated alkanes) is 16. The second kappa shape index (κ2) is 35.4. The Morgan fingerprint density at radius 2 is 0.966 bits per heavy atom. The number of aliphatic hydroxyl groups is 5. The monoisotopic (exact) mass is 859 g/mol. The summed E-state index contributed by atoms with van der Waals surface area (Å²) in [6, 6.07) is 0. The van der Waals surface area contributed by atoms with E-state index in [-0.39, 0.29) is 12.8 Å². The van der Waals surface area contributed by atoms with Gasteiger partial charge < -0.3 is 39.9 Å². The number of aliphatic hydroxyl groups excluding tert-OH is 5. The minimum atomic E-state index is -5.12. The highest BCUT2D eigenvalue weighted by Gasteiger charge is 2.51. The Morgan fingerprint density at radius 3 is 1.49 bits per heavy atom.